The van der Waals surface area contributed by atoms with E-state index in [1.165, 1.54) is 27.4 Å². The lowest BCUT2D eigenvalue weighted by Gasteiger charge is -2.11. The number of ketones is 2. The molecule has 178 valence electrons. The van der Waals surface area contributed by atoms with Crippen LogP contribution in [0.3, 0.4) is 0 Å². The van der Waals surface area contributed by atoms with Crippen LogP contribution in [-0.2, 0) is 12.8 Å². The molecule has 34 heavy (non-hydrogen) atoms. The third-order valence-electron chi connectivity index (χ3n) is 5.47. The van der Waals surface area contributed by atoms with Crippen molar-refractivity contribution in [3.05, 3.63) is 76.9 Å². The number of carbonyl (C=O) groups excluding carboxylic acids is 2. The fourth-order valence-electron chi connectivity index (χ4n) is 3.62. The highest BCUT2D eigenvalue weighted by molar-refractivity contribution is 6.49. The topological polar surface area (TPSA) is 80.3 Å². The summed E-state index contributed by atoms with van der Waals surface area (Å²) in [4.78, 5) is 26.0. The molecule has 7 heteroatoms. The van der Waals surface area contributed by atoms with Crippen molar-refractivity contribution < 1.29 is 33.3 Å². The molecule has 0 fully saturated rings. The van der Waals surface area contributed by atoms with Crippen molar-refractivity contribution in [2.75, 3.05) is 35.5 Å². The van der Waals surface area contributed by atoms with Gasteiger partial charge < -0.3 is 23.7 Å². The van der Waals surface area contributed by atoms with E-state index in [-0.39, 0.29) is 11.1 Å². The molecular weight excluding hydrogens is 436 g/mol. The molecule has 3 rings (SSSR count). The van der Waals surface area contributed by atoms with E-state index >= 15 is 0 Å². The van der Waals surface area contributed by atoms with Gasteiger partial charge >= 0.3 is 0 Å². The third-order valence-corrected chi connectivity index (χ3v) is 5.47. The molecule has 0 aromatic heterocycles. The molecule has 0 atom stereocenters. The maximum absolute atomic E-state index is 13.0. The first kappa shape index (κ1) is 24.6. The Balaban J connectivity index is 1.83. The van der Waals surface area contributed by atoms with Crippen molar-refractivity contribution in [3.8, 4) is 28.7 Å². The summed E-state index contributed by atoms with van der Waals surface area (Å²) in [6, 6.07) is 15.5. The Morgan fingerprint density at radius 3 is 1.71 bits per heavy atom. The molecule has 0 spiro atoms. The zero-order valence-electron chi connectivity index (χ0n) is 20.0. The highest BCUT2D eigenvalue weighted by Gasteiger charge is 2.21. The maximum Gasteiger partial charge on any atom is 0.233 e. The molecule has 0 aliphatic heterocycles. The fraction of sp³-hybridized carbons (Fsp3) is 0.259. The molecule has 0 heterocycles. The Morgan fingerprint density at radius 1 is 0.529 bits per heavy atom. The lowest BCUT2D eigenvalue weighted by molar-refractivity contribution is 0.0816. The average Bonchev–Trinajstić information content (AvgIpc) is 2.89. The maximum atomic E-state index is 13.0. The van der Waals surface area contributed by atoms with Gasteiger partial charge in [0.15, 0.2) is 23.0 Å². The molecule has 3 aromatic carbocycles. The van der Waals surface area contributed by atoms with Crippen molar-refractivity contribution in [2.24, 2.45) is 0 Å². The Labute approximate surface area is 199 Å². The van der Waals surface area contributed by atoms with Crippen molar-refractivity contribution in [2.45, 2.75) is 12.8 Å². The third kappa shape index (κ3) is 5.49. The average molecular weight is 465 g/mol. The van der Waals surface area contributed by atoms with Gasteiger partial charge in [-0.15, -0.1) is 0 Å². The molecule has 0 amide bonds. The molecule has 0 unspecified atom stereocenters. The van der Waals surface area contributed by atoms with Gasteiger partial charge in [-0.1, -0.05) is 6.07 Å². The first-order valence-corrected chi connectivity index (χ1v) is 10.6. The van der Waals surface area contributed by atoms with E-state index in [1.807, 2.05) is 24.3 Å². The molecule has 0 saturated heterocycles. The molecule has 7 nitrogen and oxygen atoms in total. The van der Waals surface area contributed by atoms with Gasteiger partial charge in [-0.25, -0.2) is 0 Å². The Morgan fingerprint density at radius 2 is 1.09 bits per heavy atom. The summed E-state index contributed by atoms with van der Waals surface area (Å²) in [5, 5.41) is 0. The summed E-state index contributed by atoms with van der Waals surface area (Å²) in [5.41, 5.74) is 2.41. The van der Waals surface area contributed by atoms with E-state index < -0.39 is 11.6 Å². The van der Waals surface area contributed by atoms with Crippen LogP contribution in [0.5, 0.6) is 28.7 Å². The summed E-state index contributed by atoms with van der Waals surface area (Å²) in [5.74, 6) is 1.41. The van der Waals surface area contributed by atoms with E-state index in [9.17, 15) is 9.59 Å². The standard InChI is InChI=1S/C27H28O7/c1-30-21-13-18(7-6-17-8-10-22(31-2)24(14-17)33-4)12-20(15-21)27(29)26(28)19-9-11-23(32-3)25(16-19)34-5/h8-16H,6-7H2,1-5H3. The fourth-order valence-corrected chi connectivity index (χ4v) is 3.62. The number of hydrogen-bond acceptors (Lipinski definition) is 7. The lowest BCUT2D eigenvalue weighted by atomic mass is 9.97. The Kier molecular flexibility index (Phi) is 8.14. The van der Waals surface area contributed by atoms with Crippen LogP contribution in [0, 0.1) is 0 Å². The predicted octanol–water partition coefficient (Wildman–Crippen LogP) is 4.58. The second-order valence-electron chi connectivity index (χ2n) is 7.49. The number of methoxy groups -OCH3 is 5. The number of benzene rings is 3. The number of carbonyl (C=O) groups is 2. The van der Waals surface area contributed by atoms with Crippen molar-refractivity contribution in [3.63, 3.8) is 0 Å². The van der Waals surface area contributed by atoms with Gasteiger partial charge in [-0.2, -0.15) is 0 Å². The van der Waals surface area contributed by atoms with Crippen LogP contribution in [0.1, 0.15) is 31.8 Å². The number of ether oxygens (including phenoxy) is 5. The number of aryl methyl sites for hydroxylation is 2. The molecule has 0 radical (unpaired) electrons. The minimum Gasteiger partial charge on any atom is -0.497 e. The second-order valence-corrected chi connectivity index (χ2v) is 7.49. The normalized spacial score (nSPS) is 10.4. The van der Waals surface area contributed by atoms with Crippen LogP contribution in [0.4, 0.5) is 0 Å². The van der Waals surface area contributed by atoms with E-state index in [2.05, 4.69) is 0 Å². The van der Waals surface area contributed by atoms with Gasteiger partial charge in [0.25, 0.3) is 0 Å². The summed E-state index contributed by atoms with van der Waals surface area (Å²) in [7, 11) is 7.69. The number of hydrogen-bond donors (Lipinski definition) is 0. The van der Waals surface area contributed by atoms with Gasteiger partial charge in [0, 0.05) is 11.1 Å². The molecule has 0 bridgehead atoms. The highest BCUT2D eigenvalue weighted by atomic mass is 16.5. The van der Waals surface area contributed by atoms with Gasteiger partial charge in [0.1, 0.15) is 5.75 Å². The smallest absolute Gasteiger partial charge is 0.233 e. The van der Waals surface area contributed by atoms with Crippen molar-refractivity contribution in [1.29, 1.82) is 0 Å². The molecule has 0 saturated carbocycles. The van der Waals surface area contributed by atoms with Gasteiger partial charge in [-0.3, -0.25) is 9.59 Å². The zero-order valence-corrected chi connectivity index (χ0v) is 20.0. The summed E-state index contributed by atoms with van der Waals surface area (Å²) < 4.78 is 26.5. The second kappa shape index (κ2) is 11.2. The first-order valence-electron chi connectivity index (χ1n) is 10.6. The van der Waals surface area contributed by atoms with Crippen LogP contribution in [0.2, 0.25) is 0 Å². The van der Waals surface area contributed by atoms with E-state index in [0.717, 1.165) is 11.1 Å². The molecule has 3 aromatic rings. The Hall–Kier alpha value is -4.00. The van der Waals surface area contributed by atoms with Gasteiger partial charge in [-0.05, 0) is 72.5 Å². The van der Waals surface area contributed by atoms with E-state index in [4.69, 9.17) is 23.7 Å². The first-order chi connectivity index (χ1) is 16.4. The molecule has 0 aliphatic rings. The van der Waals surface area contributed by atoms with Crippen LogP contribution in [0.15, 0.2) is 54.6 Å². The monoisotopic (exact) mass is 464 g/mol. The van der Waals surface area contributed by atoms with Crippen LogP contribution >= 0.6 is 0 Å². The number of rotatable bonds is 11. The summed E-state index contributed by atoms with van der Waals surface area (Å²) >= 11 is 0. The molecule has 0 N–H and O–H groups in total. The van der Waals surface area contributed by atoms with Crippen molar-refractivity contribution >= 4 is 11.6 Å². The summed E-state index contributed by atoms with van der Waals surface area (Å²) in [6.45, 7) is 0. The zero-order chi connectivity index (χ0) is 24.7. The van der Waals surface area contributed by atoms with Crippen molar-refractivity contribution in [1.82, 2.24) is 0 Å². The van der Waals surface area contributed by atoms with Crippen LogP contribution in [-0.4, -0.2) is 47.1 Å². The van der Waals surface area contributed by atoms with E-state index in [0.29, 0.717) is 41.6 Å². The minimum atomic E-state index is -0.639. The molecule has 0 aliphatic carbocycles. The van der Waals surface area contributed by atoms with Crippen LogP contribution in [0.25, 0.3) is 0 Å². The van der Waals surface area contributed by atoms with E-state index in [1.54, 1.807) is 38.5 Å². The predicted molar refractivity (Wildman–Crippen MR) is 128 cm³/mol. The minimum absolute atomic E-state index is 0.220. The van der Waals surface area contributed by atoms with Gasteiger partial charge in [0.2, 0.25) is 11.6 Å². The Bertz CT molecular complexity index is 1180. The molecular formula is C27H28O7. The quantitative estimate of drug-likeness (QED) is 0.304. The van der Waals surface area contributed by atoms with Gasteiger partial charge in [0.05, 0.1) is 35.5 Å². The highest BCUT2D eigenvalue weighted by Crippen LogP contribution is 2.30. The lowest BCUT2D eigenvalue weighted by Crippen LogP contribution is -2.15. The SMILES string of the molecule is COc1cc(CCc2ccc(OC)c(OC)c2)cc(C(=O)C(=O)c2ccc(OC)c(OC)c2)c1. The summed E-state index contributed by atoms with van der Waals surface area (Å²) in [6.07, 6.45) is 1.34. The van der Waals surface area contributed by atoms with Crippen LogP contribution < -0.4 is 23.7 Å². The number of Topliss-reactive ketones (excluding diaryl/α,β-unsaturated/α-hetero) is 2. The largest absolute Gasteiger partial charge is 0.497 e.